The van der Waals surface area contributed by atoms with Gasteiger partial charge in [0.2, 0.25) is 0 Å². The van der Waals surface area contributed by atoms with Crippen LogP contribution >= 0.6 is 11.8 Å². The van der Waals surface area contributed by atoms with Crippen molar-refractivity contribution in [2.45, 2.75) is 16.3 Å². The molecule has 0 saturated carbocycles. The lowest BCUT2D eigenvalue weighted by atomic mass is 10.1. The molecule has 8 heteroatoms. The van der Waals surface area contributed by atoms with Gasteiger partial charge in [0.05, 0.1) is 18.2 Å². The number of rotatable bonds is 7. The summed E-state index contributed by atoms with van der Waals surface area (Å²) in [7, 11) is 1.61. The van der Waals surface area contributed by atoms with Crippen LogP contribution < -0.4 is 15.8 Å². The number of amides is 1. The largest absolute Gasteiger partial charge is 0.496 e. The topological polar surface area (TPSA) is 106 Å². The van der Waals surface area contributed by atoms with E-state index >= 15 is 0 Å². The number of nitrogens with zero attached hydrogens (tertiary/aromatic N) is 2. The van der Waals surface area contributed by atoms with Gasteiger partial charge < -0.3 is 20.8 Å². The molecule has 0 radical (unpaired) electrons. The van der Waals surface area contributed by atoms with Crippen molar-refractivity contribution >= 4 is 34.4 Å². The van der Waals surface area contributed by atoms with E-state index in [1.807, 2.05) is 48.7 Å². The van der Waals surface area contributed by atoms with Crippen LogP contribution in [0.3, 0.4) is 0 Å². The lowest BCUT2D eigenvalue weighted by Gasteiger charge is -2.09. The standard InChI is InChI=1S/C22H21N5O2S/c1-29-17-8-4-5-9-18(17)30-19-13-26-21(23)20(27-19)22(28)24-11-10-14-12-25-16-7-3-2-6-15(14)16/h2-9,12-13,25H,10-11H2,1H3,(H2,23,26)(H,24,28). The fourth-order valence-electron chi connectivity index (χ4n) is 3.15. The highest BCUT2D eigenvalue weighted by molar-refractivity contribution is 7.99. The summed E-state index contributed by atoms with van der Waals surface area (Å²) in [5, 5.41) is 4.61. The molecule has 0 aliphatic heterocycles. The molecule has 2 heterocycles. The summed E-state index contributed by atoms with van der Waals surface area (Å²) < 4.78 is 5.36. The lowest BCUT2D eigenvalue weighted by molar-refractivity contribution is 0.0949. The van der Waals surface area contributed by atoms with Gasteiger partial charge in [-0.25, -0.2) is 9.97 Å². The van der Waals surface area contributed by atoms with Gasteiger partial charge in [-0.3, -0.25) is 4.79 Å². The highest BCUT2D eigenvalue weighted by Crippen LogP contribution is 2.33. The number of methoxy groups -OCH3 is 1. The SMILES string of the molecule is COc1ccccc1Sc1cnc(N)c(C(=O)NCCc2c[nH]c3ccccc23)n1. The van der Waals surface area contributed by atoms with E-state index in [1.54, 1.807) is 13.3 Å². The molecule has 0 spiro atoms. The Labute approximate surface area is 178 Å². The second-order valence-electron chi connectivity index (χ2n) is 6.56. The Kier molecular flexibility index (Phi) is 5.85. The monoisotopic (exact) mass is 419 g/mol. The number of hydrogen-bond acceptors (Lipinski definition) is 6. The number of anilines is 1. The van der Waals surface area contributed by atoms with Crippen LogP contribution in [0.15, 0.2) is 70.8 Å². The quantitative estimate of drug-likeness (QED) is 0.422. The molecule has 0 aliphatic carbocycles. The van der Waals surface area contributed by atoms with E-state index in [0.29, 0.717) is 18.0 Å². The van der Waals surface area contributed by atoms with E-state index < -0.39 is 0 Å². The first-order chi connectivity index (χ1) is 14.7. The van der Waals surface area contributed by atoms with Crippen LogP contribution in [0, 0.1) is 0 Å². The first kappa shape index (κ1) is 19.8. The molecule has 30 heavy (non-hydrogen) atoms. The molecule has 1 amide bonds. The van der Waals surface area contributed by atoms with Crippen LogP contribution in [-0.4, -0.2) is 34.5 Å². The Morgan fingerprint density at radius 3 is 2.87 bits per heavy atom. The zero-order valence-electron chi connectivity index (χ0n) is 16.4. The van der Waals surface area contributed by atoms with E-state index in [2.05, 4.69) is 26.3 Å². The summed E-state index contributed by atoms with van der Waals surface area (Å²) in [6.45, 7) is 0.464. The summed E-state index contributed by atoms with van der Waals surface area (Å²) in [4.78, 5) is 25.3. The van der Waals surface area contributed by atoms with Gasteiger partial charge >= 0.3 is 0 Å². The van der Waals surface area contributed by atoms with Crippen molar-refractivity contribution in [2.24, 2.45) is 0 Å². The molecule has 0 atom stereocenters. The number of benzene rings is 2. The fraction of sp³-hybridized carbons (Fsp3) is 0.136. The Balaban J connectivity index is 1.44. The van der Waals surface area contributed by atoms with Gasteiger partial charge in [0.15, 0.2) is 11.5 Å². The number of hydrogen-bond donors (Lipinski definition) is 3. The first-order valence-corrected chi connectivity index (χ1v) is 10.2. The molecule has 2 aromatic carbocycles. The molecule has 4 aromatic rings. The van der Waals surface area contributed by atoms with Crippen molar-refractivity contribution in [3.05, 3.63) is 72.2 Å². The average molecular weight is 420 g/mol. The molecular weight excluding hydrogens is 398 g/mol. The van der Waals surface area contributed by atoms with Crippen LogP contribution in [0.25, 0.3) is 10.9 Å². The predicted molar refractivity (Wildman–Crippen MR) is 118 cm³/mol. The molecule has 0 unspecified atom stereocenters. The van der Waals surface area contributed by atoms with Gasteiger partial charge in [0.25, 0.3) is 5.91 Å². The first-order valence-electron chi connectivity index (χ1n) is 9.42. The minimum absolute atomic E-state index is 0.101. The Morgan fingerprint density at radius 1 is 1.20 bits per heavy atom. The number of carbonyl (C=O) groups excluding carboxylic acids is 1. The van der Waals surface area contributed by atoms with Crippen LogP contribution in [0.5, 0.6) is 5.75 Å². The number of para-hydroxylation sites is 2. The molecule has 0 aliphatic rings. The minimum Gasteiger partial charge on any atom is -0.496 e. The maximum atomic E-state index is 12.6. The highest BCUT2D eigenvalue weighted by atomic mass is 32.2. The molecule has 152 valence electrons. The van der Waals surface area contributed by atoms with E-state index in [1.165, 1.54) is 11.8 Å². The van der Waals surface area contributed by atoms with Gasteiger partial charge in [-0.2, -0.15) is 0 Å². The summed E-state index contributed by atoms with van der Waals surface area (Å²) in [6.07, 6.45) is 4.21. The Morgan fingerprint density at radius 2 is 2.00 bits per heavy atom. The van der Waals surface area contributed by atoms with E-state index in [-0.39, 0.29) is 17.4 Å². The second kappa shape index (κ2) is 8.87. The second-order valence-corrected chi connectivity index (χ2v) is 7.62. The van der Waals surface area contributed by atoms with Crippen molar-refractivity contribution in [1.82, 2.24) is 20.3 Å². The number of aromatic amines is 1. The van der Waals surface area contributed by atoms with E-state index in [4.69, 9.17) is 10.5 Å². The summed E-state index contributed by atoms with van der Waals surface area (Å²) in [6, 6.07) is 15.7. The number of ether oxygens (including phenoxy) is 1. The van der Waals surface area contributed by atoms with Crippen molar-refractivity contribution < 1.29 is 9.53 Å². The van der Waals surface area contributed by atoms with E-state index in [9.17, 15) is 4.79 Å². The number of fused-ring (bicyclic) bond motifs is 1. The molecule has 0 fully saturated rings. The van der Waals surface area contributed by atoms with Gasteiger partial charge in [-0.15, -0.1) is 0 Å². The lowest BCUT2D eigenvalue weighted by Crippen LogP contribution is -2.27. The molecule has 2 aromatic heterocycles. The maximum absolute atomic E-state index is 12.6. The number of H-pyrrole nitrogens is 1. The van der Waals surface area contributed by atoms with Crippen LogP contribution in [0.2, 0.25) is 0 Å². The van der Waals surface area contributed by atoms with Crippen LogP contribution in [0.4, 0.5) is 5.82 Å². The normalized spacial score (nSPS) is 10.8. The smallest absolute Gasteiger partial charge is 0.273 e. The molecule has 0 saturated heterocycles. The molecule has 7 nitrogen and oxygen atoms in total. The van der Waals surface area contributed by atoms with Crippen molar-refractivity contribution in [1.29, 1.82) is 0 Å². The molecular formula is C22H21N5O2S. The molecule has 0 bridgehead atoms. The van der Waals surface area contributed by atoms with Crippen LogP contribution in [-0.2, 0) is 6.42 Å². The number of nitrogen functional groups attached to an aromatic ring is 1. The van der Waals surface area contributed by atoms with Gasteiger partial charge in [-0.1, -0.05) is 42.1 Å². The number of aromatic nitrogens is 3. The van der Waals surface area contributed by atoms with Crippen molar-refractivity contribution in [3.8, 4) is 5.75 Å². The van der Waals surface area contributed by atoms with E-state index in [0.717, 1.165) is 27.1 Å². The van der Waals surface area contributed by atoms with Crippen LogP contribution in [0.1, 0.15) is 16.1 Å². The zero-order chi connectivity index (χ0) is 20.9. The maximum Gasteiger partial charge on any atom is 0.273 e. The predicted octanol–water partition coefficient (Wildman–Crippen LogP) is 3.67. The number of nitrogens with one attached hydrogen (secondary N) is 2. The third-order valence-corrected chi connectivity index (χ3v) is 5.60. The average Bonchev–Trinajstić information content (AvgIpc) is 3.18. The Hall–Kier alpha value is -3.52. The summed E-state index contributed by atoms with van der Waals surface area (Å²) in [5.41, 5.74) is 8.25. The minimum atomic E-state index is -0.345. The third-order valence-electron chi connectivity index (χ3n) is 4.63. The molecule has 4 N–H and O–H groups in total. The summed E-state index contributed by atoms with van der Waals surface area (Å²) in [5.74, 6) is 0.483. The molecule has 4 rings (SSSR count). The summed E-state index contributed by atoms with van der Waals surface area (Å²) >= 11 is 1.36. The zero-order valence-corrected chi connectivity index (χ0v) is 17.2. The number of nitrogens with two attached hydrogens (primary N) is 1. The number of carbonyl (C=O) groups is 1. The third kappa shape index (κ3) is 4.23. The van der Waals surface area contributed by atoms with Crippen molar-refractivity contribution in [3.63, 3.8) is 0 Å². The fourth-order valence-corrected chi connectivity index (χ4v) is 4.01. The highest BCUT2D eigenvalue weighted by Gasteiger charge is 2.15. The van der Waals surface area contributed by atoms with Crippen molar-refractivity contribution in [2.75, 3.05) is 19.4 Å². The Bertz CT molecular complexity index is 1190. The van der Waals surface area contributed by atoms with Gasteiger partial charge in [0, 0.05) is 23.6 Å². The van der Waals surface area contributed by atoms with Gasteiger partial charge in [-0.05, 0) is 30.2 Å². The van der Waals surface area contributed by atoms with Gasteiger partial charge in [0.1, 0.15) is 10.8 Å².